The van der Waals surface area contributed by atoms with Gasteiger partial charge in [-0.15, -0.1) is 0 Å². The molecule has 1 saturated heterocycles. The van der Waals surface area contributed by atoms with Gasteiger partial charge in [0.05, 0.1) is 11.7 Å². The highest BCUT2D eigenvalue weighted by molar-refractivity contribution is 5.14. The molecule has 0 aliphatic carbocycles. The van der Waals surface area contributed by atoms with Crippen LogP contribution in [0.15, 0.2) is 30.3 Å². The number of ether oxygens (including phenoxy) is 1. The molecule has 2 atom stereocenters. The third kappa shape index (κ3) is 4.32. The van der Waals surface area contributed by atoms with Gasteiger partial charge < -0.3 is 9.84 Å². The first-order valence-electron chi connectivity index (χ1n) is 7.47. The van der Waals surface area contributed by atoms with E-state index in [1.807, 2.05) is 6.07 Å². The van der Waals surface area contributed by atoms with E-state index in [1.165, 1.54) is 5.56 Å². The summed E-state index contributed by atoms with van der Waals surface area (Å²) in [4.78, 5) is 0. The molecule has 2 unspecified atom stereocenters. The Labute approximate surface area is 116 Å². The number of rotatable bonds is 5. The lowest BCUT2D eigenvalue weighted by atomic mass is 9.82. The predicted octanol–water partition coefficient (Wildman–Crippen LogP) is 3.58. The smallest absolute Gasteiger partial charge is 0.0694 e. The van der Waals surface area contributed by atoms with Crippen LogP contribution in [0.2, 0.25) is 0 Å². The van der Waals surface area contributed by atoms with Gasteiger partial charge in [-0.1, -0.05) is 44.2 Å². The molecule has 1 N–H and O–H groups in total. The molecule has 19 heavy (non-hydrogen) atoms. The van der Waals surface area contributed by atoms with Crippen molar-refractivity contribution in [2.24, 2.45) is 5.92 Å². The Balaban J connectivity index is 1.81. The van der Waals surface area contributed by atoms with Crippen molar-refractivity contribution in [2.45, 2.75) is 57.7 Å². The van der Waals surface area contributed by atoms with E-state index in [9.17, 15) is 5.11 Å². The summed E-state index contributed by atoms with van der Waals surface area (Å²) < 4.78 is 5.74. The molecule has 1 aliphatic rings. The van der Waals surface area contributed by atoms with E-state index < -0.39 is 5.60 Å². The van der Waals surface area contributed by atoms with Gasteiger partial charge in [-0.05, 0) is 37.2 Å². The van der Waals surface area contributed by atoms with Crippen molar-refractivity contribution < 1.29 is 9.84 Å². The third-order valence-electron chi connectivity index (χ3n) is 4.17. The maximum Gasteiger partial charge on any atom is 0.0694 e. The SMILES string of the molecule is CC(C)C1CC(O)(CCCc2ccccc2)CCO1. The number of aliphatic hydroxyl groups is 1. The fourth-order valence-corrected chi connectivity index (χ4v) is 2.86. The van der Waals surface area contributed by atoms with Crippen molar-refractivity contribution in [3.63, 3.8) is 0 Å². The van der Waals surface area contributed by atoms with Crippen molar-refractivity contribution in [1.29, 1.82) is 0 Å². The molecule has 0 radical (unpaired) electrons. The molecule has 1 aromatic rings. The highest BCUT2D eigenvalue weighted by Gasteiger charge is 2.35. The van der Waals surface area contributed by atoms with E-state index in [0.717, 1.165) is 32.1 Å². The molecule has 0 spiro atoms. The first-order valence-corrected chi connectivity index (χ1v) is 7.47. The fraction of sp³-hybridized carbons (Fsp3) is 0.647. The van der Waals surface area contributed by atoms with Crippen molar-refractivity contribution in [2.75, 3.05) is 6.61 Å². The average Bonchev–Trinajstić information content (AvgIpc) is 2.40. The number of hydrogen-bond acceptors (Lipinski definition) is 2. The van der Waals surface area contributed by atoms with Crippen LogP contribution in [-0.2, 0) is 11.2 Å². The second-order valence-electron chi connectivity index (χ2n) is 6.17. The van der Waals surface area contributed by atoms with Crippen LogP contribution in [-0.4, -0.2) is 23.4 Å². The van der Waals surface area contributed by atoms with Crippen LogP contribution in [0.1, 0.15) is 45.1 Å². The molecular weight excluding hydrogens is 236 g/mol. The number of hydrogen-bond donors (Lipinski definition) is 1. The summed E-state index contributed by atoms with van der Waals surface area (Å²) in [6.07, 6.45) is 4.77. The Kier molecular flexibility index (Phi) is 5.00. The third-order valence-corrected chi connectivity index (χ3v) is 4.17. The van der Waals surface area contributed by atoms with E-state index >= 15 is 0 Å². The van der Waals surface area contributed by atoms with Gasteiger partial charge in [0.15, 0.2) is 0 Å². The van der Waals surface area contributed by atoms with Crippen LogP contribution in [0.5, 0.6) is 0 Å². The van der Waals surface area contributed by atoms with Crippen molar-refractivity contribution >= 4 is 0 Å². The first-order chi connectivity index (χ1) is 9.09. The van der Waals surface area contributed by atoms with Gasteiger partial charge in [0, 0.05) is 13.0 Å². The lowest BCUT2D eigenvalue weighted by Gasteiger charge is -2.38. The first kappa shape index (κ1) is 14.5. The summed E-state index contributed by atoms with van der Waals surface area (Å²) in [7, 11) is 0. The minimum Gasteiger partial charge on any atom is -0.390 e. The summed E-state index contributed by atoms with van der Waals surface area (Å²) in [6, 6.07) is 10.5. The molecule has 2 heteroatoms. The molecule has 0 bridgehead atoms. The second-order valence-corrected chi connectivity index (χ2v) is 6.17. The average molecular weight is 262 g/mol. The molecular formula is C17H26O2. The van der Waals surface area contributed by atoms with Gasteiger partial charge in [0.1, 0.15) is 0 Å². The Morgan fingerprint density at radius 1 is 1.32 bits per heavy atom. The van der Waals surface area contributed by atoms with Gasteiger partial charge in [-0.3, -0.25) is 0 Å². The zero-order valence-electron chi connectivity index (χ0n) is 12.1. The minimum absolute atomic E-state index is 0.218. The molecule has 1 fully saturated rings. The van der Waals surface area contributed by atoms with E-state index in [-0.39, 0.29) is 6.10 Å². The van der Waals surface area contributed by atoms with Gasteiger partial charge in [-0.25, -0.2) is 0 Å². The molecule has 0 amide bonds. The zero-order valence-corrected chi connectivity index (χ0v) is 12.1. The van der Waals surface area contributed by atoms with Crippen LogP contribution in [0, 0.1) is 5.92 Å². The molecule has 2 nitrogen and oxygen atoms in total. The van der Waals surface area contributed by atoms with E-state index in [0.29, 0.717) is 12.5 Å². The highest BCUT2D eigenvalue weighted by Crippen LogP contribution is 2.32. The Morgan fingerprint density at radius 2 is 2.05 bits per heavy atom. The quantitative estimate of drug-likeness (QED) is 0.879. The van der Waals surface area contributed by atoms with Gasteiger partial charge in [-0.2, -0.15) is 0 Å². The summed E-state index contributed by atoms with van der Waals surface area (Å²) >= 11 is 0. The van der Waals surface area contributed by atoms with E-state index in [1.54, 1.807) is 0 Å². The lowest BCUT2D eigenvalue weighted by Crippen LogP contribution is -2.42. The van der Waals surface area contributed by atoms with Crippen LogP contribution in [0.25, 0.3) is 0 Å². The molecule has 0 saturated carbocycles. The fourth-order valence-electron chi connectivity index (χ4n) is 2.86. The minimum atomic E-state index is -0.512. The van der Waals surface area contributed by atoms with Crippen molar-refractivity contribution in [1.82, 2.24) is 0 Å². The van der Waals surface area contributed by atoms with Crippen LogP contribution in [0.4, 0.5) is 0 Å². The van der Waals surface area contributed by atoms with Crippen molar-refractivity contribution in [3.05, 3.63) is 35.9 Å². The molecule has 1 aromatic carbocycles. The van der Waals surface area contributed by atoms with Crippen LogP contribution >= 0.6 is 0 Å². The Bertz CT molecular complexity index is 374. The number of aryl methyl sites for hydroxylation is 1. The lowest BCUT2D eigenvalue weighted by molar-refractivity contribution is -0.120. The molecule has 0 aromatic heterocycles. The van der Waals surface area contributed by atoms with E-state index in [2.05, 4.69) is 38.1 Å². The normalized spacial score (nSPS) is 27.7. The summed E-state index contributed by atoms with van der Waals surface area (Å²) in [5.41, 5.74) is 0.848. The monoisotopic (exact) mass is 262 g/mol. The Morgan fingerprint density at radius 3 is 2.74 bits per heavy atom. The second kappa shape index (κ2) is 6.53. The van der Waals surface area contributed by atoms with Gasteiger partial charge in [0.25, 0.3) is 0 Å². The largest absolute Gasteiger partial charge is 0.390 e. The van der Waals surface area contributed by atoms with Crippen LogP contribution < -0.4 is 0 Å². The number of benzene rings is 1. The molecule has 1 heterocycles. The zero-order chi connectivity index (χ0) is 13.7. The van der Waals surface area contributed by atoms with Crippen molar-refractivity contribution in [3.8, 4) is 0 Å². The van der Waals surface area contributed by atoms with Gasteiger partial charge in [0.2, 0.25) is 0 Å². The predicted molar refractivity (Wildman–Crippen MR) is 78.1 cm³/mol. The maximum atomic E-state index is 10.7. The molecule has 106 valence electrons. The van der Waals surface area contributed by atoms with Crippen LogP contribution in [0.3, 0.4) is 0 Å². The van der Waals surface area contributed by atoms with E-state index in [4.69, 9.17) is 4.74 Å². The molecule has 1 aliphatic heterocycles. The summed E-state index contributed by atoms with van der Waals surface area (Å²) in [5.74, 6) is 0.487. The topological polar surface area (TPSA) is 29.5 Å². The highest BCUT2D eigenvalue weighted by atomic mass is 16.5. The summed E-state index contributed by atoms with van der Waals surface area (Å²) in [5, 5.41) is 10.7. The molecule has 2 rings (SSSR count). The van der Waals surface area contributed by atoms with Gasteiger partial charge >= 0.3 is 0 Å². The standard InChI is InChI=1S/C17H26O2/c1-14(2)16-13-17(18,11-12-19-16)10-6-9-15-7-4-3-5-8-15/h3-5,7-8,14,16,18H,6,9-13H2,1-2H3. The Hall–Kier alpha value is -0.860. The summed E-state index contributed by atoms with van der Waals surface area (Å²) in [6.45, 7) is 5.03. The maximum absolute atomic E-state index is 10.7.